The molecule has 7 nitrogen and oxygen atoms in total. The summed E-state index contributed by atoms with van der Waals surface area (Å²) in [5, 5.41) is 15.3. The van der Waals surface area contributed by atoms with Crippen molar-refractivity contribution in [2.45, 2.75) is 69.1 Å². The molecule has 2 aromatic rings. The molecule has 4 rings (SSSR count). The topological polar surface area (TPSA) is 88.9 Å². The fourth-order valence-electron chi connectivity index (χ4n) is 4.00. The van der Waals surface area contributed by atoms with Gasteiger partial charge in [0.25, 0.3) is 5.91 Å². The van der Waals surface area contributed by atoms with Gasteiger partial charge in [-0.1, -0.05) is 43.2 Å². The molecule has 0 unspecified atom stereocenters. The number of benzene rings is 1. The number of aromatic nitrogens is 3. The number of carbonyl (C=O) groups is 2. The number of fused-ring (bicyclic) bond motifs is 1. The number of amides is 2. The van der Waals surface area contributed by atoms with Gasteiger partial charge in [0.2, 0.25) is 5.91 Å². The molecule has 0 radical (unpaired) electrons. The highest BCUT2D eigenvalue weighted by atomic mass is 32.2. The molecule has 1 aliphatic heterocycles. The molecule has 0 bridgehead atoms. The van der Waals surface area contributed by atoms with Crippen molar-refractivity contribution in [3.05, 3.63) is 35.7 Å². The summed E-state index contributed by atoms with van der Waals surface area (Å²) in [6.07, 6.45) is 8.78. The summed E-state index contributed by atoms with van der Waals surface area (Å²) in [6, 6.07) is 7.41. The van der Waals surface area contributed by atoms with Crippen molar-refractivity contribution in [3.63, 3.8) is 0 Å². The van der Waals surface area contributed by atoms with Crippen LogP contribution in [-0.2, 0) is 17.8 Å². The van der Waals surface area contributed by atoms with Crippen LogP contribution in [0.5, 0.6) is 0 Å². The van der Waals surface area contributed by atoms with Gasteiger partial charge in [-0.05, 0) is 37.8 Å². The summed E-state index contributed by atoms with van der Waals surface area (Å²) >= 11 is 1.40. The zero-order valence-electron chi connectivity index (χ0n) is 16.5. The molecule has 2 aliphatic rings. The molecule has 0 saturated heterocycles. The summed E-state index contributed by atoms with van der Waals surface area (Å²) in [5.41, 5.74) is 1.06. The molecule has 1 aliphatic carbocycles. The Balaban J connectivity index is 1.36. The van der Waals surface area contributed by atoms with Crippen LogP contribution in [0.25, 0.3) is 0 Å². The van der Waals surface area contributed by atoms with Crippen molar-refractivity contribution in [3.8, 4) is 0 Å². The van der Waals surface area contributed by atoms with Gasteiger partial charge >= 0.3 is 0 Å². The van der Waals surface area contributed by atoms with Crippen LogP contribution in [0, 0.1) is 0 Å². The maximum Gasteiger partial charge on any atom is 0.253 e. The average molecular weight is 414 g/mol. The van der Waals surface area contributed by atoms with Crippen molar-refractivity contribution in [2.75, 3.05) is 11.1 Å². The first-order valence-electron chi connectivity index (χ1n) is 10.5. The summed E-state index contributed by atoms with van der Waals surface area (Å²) in [7, 11) is 0. The standard InChI is InChI=1S/C21H27N5O2S/c27-19(14-29-21-25-24-18-12-2-1-7-13-26(18)21)23-17-11-6-5-10-16(17)20(28)22-15-8-3-4-9-15/h5-6,10-11,15H,1-4,7-9,12-14H2,(H,22,28)(H,23,27). The van der Waals surface area contributed by atoms with Crippen molar-refractivity contribution < 1.29 is 9.59 Å². The van der Waals surface area contributed by atoms with Gasteiger partial charge in [0.1, 0.15) is 5.82 Å². The highest BCUT2D eigenvalue weighted by Gasteiger charge is 2.21. The van der Waals surface area contributed by atoms with E-state index < -0.39 is 0 Å². The average Bonchev–Trinajstić information content (AvgIpc) is 3.31. The first-order valence-corrected chi connectivity index (χ1v) is 11.4. The zero-order valence-corrected chi connectivity index (χ0v) is 17.3. The van der Waals surface area contributed by atoms with Crippen molar-refractivity contribution >= 4 is 29.3 Å². The van der Waals surface area contributed by atoms with E-state index in [1.165, 1.54) is 18.2 Å². The molecule has 1 saturated carbocycles. The molecule has 2 N–H and O–H groups in total. The van der Waals surface area contributed by atoms with Gasteiger partial charge < -0.3 is 15.2 Å². The Hall–Kier alpha value is -2.35. The lowest BCUT2D eigenvalue weighted by Gasteiger charge is -2.15. The highest BCUT2D eigenvalue weighted by molar-refractivity contribution is 7.99. The third-order valence-electron chi connectivity index (χ3n) is 5.54. The maximum absolute atomic E-state index is 12.7. The maximum atomic E-state index is 12.7. The smallest absolute Gasteiger partial charge is 0.253 e. The first-order chi connectivity index (χ1) is 14.2. The Morgan fingerprint density at radius 2 is 1.90 bits per heavy atom. The highest BCUT2D eigenvalue weighted by Crippen LogP contribution is 2.23. The zero-order chi connectivity index (χ0) is 20.1. The fraction of sp³-hybridized carbons (Fsp3) is 0.524. The van der Waals surface area contributed by atoms with E-state index in [4.69, 9.17) is 0 Å². The Morgan fingerprint density at radius 1 is 1.07 bits per heavy atom. The van der Waals surface area contributed by atoms with Gasteiger partial charge in [-0.3, -0.25) is 9.59 Å². The number of aryl methyl sites for hydroxylation is 1. The third kappa shape index (κ3) is 4.98. The predicted molar refractivity (Wildman–Crippen MR) is 113 cm³/mol. The SMILES string of the molecule is O=C(CSc1nnc2n1CCCCC2)Nc1ccccc1C(=O)NC1CCCC1. The number of hydrogen-bond donors (Lipinski definition) is 2. The van der Waals surface area contributed by atoms with Crippen LogP contribution >= 0.6 is 11.8 Å². The number of nitrogens with zero attached hydrogens (tertiary/aromatic N) is 3. The molecular weight excluding hydrogens is 386 g/mol. The first kappa shape index (κ1) is 19.9. The molecule has 0 atom stereocenters. The Kier molecular flexibility index (Phi) is 6.49. The van der Waals surface area contributed by atoms with Gasteiger partial charge in [0.05, 0.1) is 17.0 Å². The lowest BCUT2D eigenvalue weighted by molar-refractivity contribution is -0.113. The van der Waals surface area contributed by atoms with Crippen LogP contribution in [0.1, 0.15) is 61.1 Å². The number of para-hydroxylation sites is 1. The number of nitrogens with one attached hydrogen (secondary N) is 2. The third-order valence-corrected chi connectivity index (χ3v) is 6.51. The van der Waals surface area contributed by atoms with Crippen LogP contribution in [0.3, 0.4) is 0 Å². The van der Waals surface area contributed by atoms with E-state index in [0.717, 1.165) is 62.5 Å². The van der Waals surface area contributed by atoms with E-state index in [-0.39, 0.29) is 23.6 Å². The number of thioether (sulfide) groups is 1. The van der Waals surface area contributed by atoms with Gasteiger partial charge in [-0.25, -0.2) is 0 Å². The number of carbonyl (C=O) groups excluding carboxylic acids is 2. The van der Waals surface area contributed by atoms with E-state index in [9.17, 15) is 9.59 Å². The number of rotatable bonds is 6. The van der Waals surface area contributed by atoms with Gasteiger partial charge in [0.15, 0.2) is 5.16 Å². The van der Waals surface area contributed by atoms with E-state index in [1.54, 1.807) is 12.1 Å². The molecule has 29 heavy (non-hydrogen) atoms. The number of hydrogen-bond acceptors (Lipinski definition) is 5. The molecule has 2 amide bonds. The van der Waals surface area contributed by atoms with Crippen LogP contribution in [0.2, 0.25) is 0 Å². The molecular formula is C21H27N5O2S. The van der Waals surface area contributed by atoms with E-state index in [0.29, 0.717) is 11.3 Å². The minimum atomic E-state index is -0.151. The fourth-order valence-corrected chi connectivity index (χ4v) is 4.79. The number of anilines is 1. The van der Waals surface area contributed by atoms with Gasteiger partial charge in [-0.2, -0.15) is 0 Å². The van der Waals surface area contributed by atoms with Crippen LogP contribution < -0.4 is 10.6 Å². The molecule has 2 heterocycles. The normalized spacial score (nSPS) is 16.8. The largest absolute Gasteiger partial charge is 0.349 e. The van der Waals surface area contributed by atoms with Crippen molar-refractivity contribution in [1.29, 1.82) is 0 Å². The predicted octanol–water partition coefficient (Wildman–Crippen LogP) is 3.41. The lowest BCUT2D eigenvalue weighted by Crippen LogP contribution is -2.33. The summed E-state index contributed by atoms with van der Waals surface area (Å²) in [6.45, 7) is 0.913. The van der Waals surface area contributed by atoms with E-state index in [1.807, 2.05) is 12.1 Å². The van der Waals surface area contributed by atoms with Gasteiger partial charge in [0, 0.05) is 19.0 Å². The van der Waals surface area contributed by atoms with Crippen molar-refractivity contribution in [2.24, 2.45) is 0 Å². The molecule has 154 valence electrons. The van der Waals surface area contributed by atoms with Crippen molar-refractivity contribution in [1.82, 2.24) is 20.1 Å². The van der Waals surface area contributed by atoms with Gasteiger partial charge in [-0.15, -0.1) is 10.2 Å². The second-order valence-electron chi connectivity index (χ2n) is 7.70. The Labute approximate surface area is 175 Å². The Bertz CT molecular complexity index is 876. The monoisotopic (exact) mass is 413 g/mol. The molecule has 1 aromatic heterocycles. The van der Waals surface area contributed by atoms with Crippen LogP contribution in [-0.4, -0.2) is 38.4 Å². The van der Waals surface area contributed by atoms with Crippen LogP contribution in [0.15, 0.2) is 29.4 Å². The molecule has 8 heteroatoms. The summed E-state index contributed by atoms with van der Waals surface area (Å²) in [5.74, 6) is 0.973. The lowest BCUT2D eigenvalue weighted by atomic mass is 10.1. The summed E-state index contributed by atoms with van der Waals surface area (Å²) < 4.78 is 2.13. The second kappa shape index (κ2) is 9.43. The second-order valence-corrected chi connectivity index (χ2v) is 8.64. The quantitative estimate of drug-likeness (QED) is 0.709. The minimum absolute atomic E-state index is 0.122. The van der Waals surface area contributed by atoms with Crippen LogP contribution in [0.4, 0.5) is 5.69 Å². The molecule has 1 aromatic carbocycles. The van der Waals surface area contributed by atoms with E-state index in [2.05, 4.69) is 25.4 Å². The molecule has 0 spiro atoms. The summed E-state index contributed by atoms with van der Waals surface area (Å²) in [4.78, 5) is 25.2. The Morgan fingerprint density at radius 3 is 2.76 bits per heavy atom. The minimum Gasteiger partial charge on any atom is -0.349 e. The molecule has 1 fully saturated rings. The van der Waals surface area contributed by atoms with E-state index >= 15 is 0 Å².